The molecule has 2 atom stereocenters. The Bertz CT molecular complexity index is 746. The van der Waals surface area contributed by atoms with Crippen molar-refractivity contribution >= 4 is 28.7 Å². The fourth-order valence-corrected chi connectivity index (χ4v) is 5.45. The average Bonchev–Trinajstić information content (AvgIpc) is 2.87. The van der Waals surface area contributed by atoms with Gasteiger partial charge in [0.1, 0.15) is 0 Å². The van der Waals surface area contributed by atoms with E-state index in [1.54, 1.807) is 0 Å². The molecule has 26 heavy (non-hydrogen) atoms. The van der Waals surface area contributed by atoms with Gasteiger partial charge < -0.3 is 0 Å². The maximum atomic E-state index is 6.30. The predicted molar refractivity (Wildman–Crippen MR) is 114 cm³/mol. The molecule has 2 aromatic carbocycles. The van der Waals surface area contributed by atoms with E-state index in [1.165, 1.54) is 41.7 Å². The smallest absolute Gasteiger partial charge is 0.0441 e. The van der Waals surface area contributed by atoms with E-state index in [4.69, 9.17) is 23.8 Å². The quantitative estimate of drug-likeness (QED) is 0.555. The summed E-state index contributed by atoms with van der Waals surface area (Å²) in [6.07, 6.45) is 7.22. The molecule has 2 aliphatic heterocycles. The first-order valence-electron chi connectivity index (χ1n) is 9.74. The van der Waals surface area contributed by atoms with Crippen LogP contribution in [0.1, 0.15) is 43.2 Å². The number of fused-ring (bicyclic) bond motifs is 2. The van der Waals surface area contributed by atoms with Crippen molar-refractivity contribution in [1.82, 2.24) is 4.90 Å². The summed E-state index contributed by atoms with van der Waals surface area (Å²) in [4.78, 5) is 3.92. The summed E-state index contributed by atoms with van der Waals surface area (Å²) in [6.45, 7) is 1.10. The molecule has 2 aromatic rings. The minimum Gasteiger partial charge on any atom is -0.293 e. The van der Waals surface area contributed by atoms with Gasteiger partial charge in [-0.2, -0.15) is 0 Å². The highest BCUT2D eigenvalue weighted by molar-refractivity contribution is 7.80. The van der Waals surface area contributed by atoms with Crippen molar-refractivity contribution in [3.05, 3.63) is 70.7 Å². The molecule has 2 unspecified atom stereocenters. The number of nitrogens with zero attached hydrogens (tertiary/aromatic N) is 1. The first-order valence-corrected chi connectivity index (χ1v) is 10.5. The molecule has 136 valence electrons. The third kappa shape index (κ3) is 4.19. The van der Waals surface area contributed by atoms with Crippen LogP contribution < -0.4 is 0 Å². The van der Waals surface area contributed by atoms with Gasteiger partial charge in [-0.25, -0.2) is 0 Å². The largest absolute Gasteiger partial charge is 0.293 e. The fraction of sp³-hybridized carbons (Fsp3) is 0.435. The molecule has 0 aliphatic carbocycles. The molecule has 0 amide bonds. The Balaban J connectivity index is 1.34. The molecule has 0 saturated carbocycles. The van der Waals surface area contributed by atoms with E-state index in [9.17, 15) is 0 Å². The van der Waals surface area contributed by atoms with Gasteiger partial charge in [0.15, 0.2) is 0 Å². The van der Waals surface area contributed by atoms with Crippen molar-refractivity contribution in [3.8, 4) is 0 Å². The summed E-state index contributed by atoms with van der Waals surface area (Å²) in [7, 11) is 0. The van der Waals surface area contributed by atoms with Gasteiger partial charge in [-0.05, 0) is 60.1 Å². The summed E-state index contributed by atoms with van der Waals surface area (Å²) >= 11 is 12.0. The van der Waals surface area contributed by atoms with Crippen LogP contribution in [0.25, 0.3) is 0 Å². The molecule has 2 aliphatic rings. The second-order valence-electron chi connectivity index (χ2n) is 7.89. The molecule has 0 radical (unpaired) electrons. The Morgan fingerprint density at radius 1 is 0.962 bits per heavy atom. The van der Waals surface area contributed by atoms with Gasteiger partial charge >= 0.3 is 0 Å². The Morgan fingerprint density at radius 3 is 2.31 bits per heavy atom. The van der Waals surface area contributed by atoms with Crippen LogP contribution >= 0.6 is 23.8 Å². The number of rotatable bonds is 6. The summed E-state index contributed by atoms with van der Waals surface area (Å²) in [5.74, 6) is 0.745. The van der Waals surface area contributed by atoms with Crippen LogP contribution in [0.15, 0.2) is 54.6 Å². The first-order chi connectivity index (χ1) is 12.7. The van der Waals surface area contributed by atoms with E-state index in [1.807, 2.05) is 18.2 Å². The Kier molecular flexibility index (Phi) is 5.73. The molecule has 2 fully saturated rings. The minimum absolute atomic E-state index is 0.738. The highest BCUT2D eigenvalue weighted by Crippen LogP contribution is 2.41. The number of halogens is 1. The van der Waals surface area contributed by atoms with E-state index >= 15 is 0 Å². The lowest BCUT2D eigenvalue weighted by Gasteiger charge is -2.39. The predicted octanol–water partition coefficient (Wildman–Crippen LogP) is 6.09. The maximum absolute atomic E-state index is 6.30. The lowest BCUT2D eigenvalue weighted by atomic mass is 9.86. The van der Waals surface area contributed by atoms with Crippen LogP contribution in [0.2, 0.25) is 5.02 Å². The van der Waals surface area contributed by atoms with E-state index in [2.05, 4.69) is 41.3 Å². The van der Waals surface area contributed by atoms with Crippen molar-refractivity contribution in [2.75, 3.05) is 0 Å². The molecule has 2 bridgehead atoms. The minimum atomic E-state index is 0.738. The second-order valence-corrected chi connectivity index (χ2v) is 8.88. The van der Waals surface area contributed by atoms with E-state index in [0.29, 0.717) is 0 Å². The molecule has 0 aromatic heterocycles. The normalized spacial score (nSPS) is 25.3. The Morgan fingerprint density at radius 2 is 1.62 bits per heavy atom. The molecular weight excluding hydrogens is 358 g/mol. The zero-order chi connectivity index (χ0) is 17.9. The molecular formula is C23H26ClNS. The SMILES string of the molecule is S=C(Cc1ccccc1Cl)CC1CC2CCC(C1)N2Cc1ccccc1. The zero-order valence-electron chi connectivity index (χ0n) is 15.1. The maximum Gasteiger partial charge on any atom is 0.0441 e. The Hall–Kier alpha value is -1.22. The second kappa shape index (κ2) is 8.21. The number of piperidine rings is 1. The molecule has 2 saturated heterocycles. The Labute approximate surface area is 167 Å². The van der Waals surface area contributed by atoms with Crippen LogP contribution in [0, 0.1) is 5.92 Å². The summed E-state index contributed by atoms with van der Waals surface area (Å²) in [5, 5.41) is 0.840. The summed E-state index contributed by atoms with van der Waals surface area (Å²) in [5.41, 5.74) is 2.61. The lowest BCUT2D eigenvalue weighted by molar-refractivity contribution is 0.0985. The van der Waals surface area contributed by atoms with Crippen LogP contribution in [0.5, 0.6) is 0 Å². The van der Waals surface area contributed by atoms with Crippen molar-refractivity contribution in [3.63, 3.8) is 0 Å². The third-order valence-electron chi connectivity index (χ3n) is 6.05. The van der Waals surface area contributed by atoms with Gasteiger partial charge in [0.05, 0.1) is 0 Å². The summed E-state index contributed by atoms with van der Waals surface area (Å²) < 4.78 is 0. The van der Waals surface area contributed by atoms with Gasteiger partial charge in [0.25, 0.3) is 0 Å². The standard InChI is InChI=1S/C23H26ClNS/c24-23-9-5-4-8-19(23)15-22(26)14-18-12-20-10-11-21(13-18)25(20)16-17-6-2-1-3-7-17/h1-9,18,20-21H,10-16H2. The lowest BCUT2D eigenvalue weighted by Crippen LogP contribution is -2.42. The van der Waals surface area contributed by atoms with Crippen LogP contribution in [-0.4, -0.2) is 21.8 Å². The third-order valence-corrected chi connectivity index (χ3v) is 6.73. The summed E-state index contributed by atoms with van der Waals surface area (Å²) in [6, 6.07) is 20.5. The molecule has 0 N–H and O–H groups in total. The highest BCUT2D eigenvalue weighted by atomic mass is 35.5. The van der Waals surface area contributed by atoms with E-state index < -0.39 is 0 Å². The molecule has 0 spiro atoms. The molecule has 2 heterocycles. The molecule has 1 nitrogen and oxygen atoms in total. The van der Waals surface area contributed by atoms with Crippen LogP contribution in [0.4, 0.5) is 0 Å². The molecule has 3 heteroatoms. The monoisotopic (exact) mass is 383 g/mol. The van der Waals surface area contributed by atoms with Crippen molar-refractivity contribution < 1.29 is 0 Å². The van der Waals surface area contributed by atoms with Gasteiger partial charge in [-0.15, -0.1) is 0 Å². The van der Waals surface area contributed by atoms with Crippen molar-refractivity contribution in [2.45, 2.75) is 57.2 Å². The van der Waals surface area contributed by atoms with Gasteiger partial charge in [0, 0.05) is 30.1 Å². The first kappa shape index (κ1) is 18.2. The van der Waals surface area contributed by atoms with E-state index in [-0.39, 0.29) is 0 Å². The zero-order valence-corrected chi connectivity index (χ0v) is 16.7. The highest BCUT2D eigenvalue weighted by Gasteiger charge is 2.40. The van der Waals surface area contributed by atoms with E-state index in [0.717, 1.165) is 42.4 Å². The number of hydrogen-bond donors (Lipinski definition) is 0. The fourth-order valence-electron chi connectivity index (χ4n) is 4.85. The topological polar surface area (TPSA) is 3.24 Å². The number of hydrogen-bond acceptors (Lipinski definition) is 2. The van der Waals surface area contributed by atoms with Gasteiger partial charge in [0.2, 0.25) is 0 Å². The average molecular weight is 384 g/mol. The van der Waals surface area contributed by atoms with Gasteiger partial charge in [-0.3, -0.25) is 4.90 Å². The van der Waals surface area contributed by atoms with Crippen LogP contribution in [-0.2, 0) is 13.0 Å². The van der Waals surface area contributed by atoms with Crippen LogP contribution in [0.3, 0.4) is 0 Å². The number of benzene rings is 2. The van der Waals surface area contributed by atoms with Crippen molar-refractivity contribution in [2.24, 2.45) is 5.92 Å². The van der Waals surface area contributed by atoms with Gasteiger partial charge in [-0.1, -0.05) is 72.3 Å². The molecule has 4 rings (SSSR count). The number of thiocarbonyl (C=S) groups is 1. The van der Waals surface area contributed by atoms with Crippen molar-refractivity contribution in [1.29, 1.82) is 0 Å².